The van der Waals surface area contributed by atoms with E-state index in [1.54, 1.807) is 37.3 Å². The normalized spacial score (nSPS) is 19.1. The summed E-state index contributed by atoms with van der Waals surface area (Å²) in [6.07, 6.45) is 2.69. The molecule has 3 amide bonds. The molecule has 0 spiro atoms. The standard InChI is InChI=1S/C25H24N4O8S/c1-12-8-26-9-16(20(12)31)21(32)27-17(14-6-4-3-5-7-14)22(33)28-18-23(34)29-19(25(35)36)15(10-37-13(2)30)11-38-24(18)29/h3-9,17-18,24H,10-11H2,1-2H3,(H,26,31)(H,27,32)(H,28,33)(H,35,36)/t17?,18-,24-/m1/s1. The molecule has 2 aromatic rings. The summed E-state index contributed by atoms with van der Waals surface area (Å²) < 4.78 is 4.92. The lowest BCUT2D eigenvalue weighted by Gasteiger charge is -2.49. The molecule has 1 aromatic heterocycles. The van der Waals surface area contributed by atoms with Crippen LogP contribution in [0, 0.1) is 6.92 Å². The number of thioether (sulfide) groups is 1. The molecular weight excluding hydrogens is 516 g/mol. The van der Waals surface area contributed by atoms with Gasteiger partial charge in [-0.1, -0.05) is 30.3 Å². The second-order valence-electron chi connectivity index (χ2n) is 8.63. The number of aromatic amines is 1. The van der Waals surface area contributed by atoms with Crippen molar-refractivity contribution < 1.29 is 33.8 Å². The van der Waals surface area contributed by atoms with E-state index in [9.17, 15) is 33.9 Å². The van der Waals surface area contributed by atoms with Crippen molar-refractivity contribution in [3.8, 4) is 0 Å². The molecule has 0 saturated carbocycles. The molecule has 0 aliphatic carbocycles. The first-order valence-electron chi connectivity index (χ1n) is 11.5. The lowest BCUT2D eigenvalue weighted by molar-refractivity contribution is -0.151. The first-order chi connectivity index (χ1) is 18.1. The zero-order valence-electron chi connectivity index (χ0n) is 20.3. The maximum Gasteiger partial charge on any atom is 0.352 e. The Morgan fingerprint density at radius 3 is 2.55 bits per heavy atom. The number of fused-ring (bicyclic) bond motifs is 1. The summed E-state index contributed by atoms with van der Waals surface area (Å²) in [5.41, 5.74) is 0.0563. The van der Waals surface area contributed by atoms with E-state index in [1.165, 1.54) is 31.1 Å². The van der Waals surface area contributed by atoms with Gasteiger partial charge in [-0.2, -0.15) is 0 Å². The average Bonchev–Trinajstić information content (AvgIpc) is 2.90. The number of benzene rings is 1. The highest BCUT2D eigenvalue weighted by Gasteiger charge is 2.54. The van der Waals surface area contributed by atoms with E-state index in [0.29, 0.717) is 11.1 Å². The summed E-state index contributed by atoms with van der Waals surface area (Å²) in [4.78, 5) is 78.5. The molecule has 0 radical (unpaired) electrons. The summed E-state index contributed by atoms with van der Waals surface area (Å²) in [5.74, 6) is -3.91. The van der Waals surface area contributed by atoms with Crippen molar-refractivity contribution >= 4 is 41.4 Å². The fraction of sp³-hybridized carbons (Fsp3) is 0.280. The monoisotopic (exact) mass is 540 g/mol. The average molecular weight is 541 g/mol. The topological polar surface area (TPSA) is 175 Å². The van der Waals surface area contributed by atoms with Crippen LogP contribution in [0.1, 0.15) is 34.5 Å². The third-order valence-electron chi connectivity index (χ3n) is 6.04. The minimum absolute atomic E-state index is 0.171. The molecule has 2 aliphatic heterocycles. The number of pyridine rings is 1. The quantitative estimate of drug-likeness (QED) is 0.274. The van der Waals surface area contributed by atoms with Gasteiger partial charge < -0.3 is 25.5 Å². The zero-order chi connectivity index (χ0) is 27.6. The Labute approximate surface area is 220 Å². The minimum Gasteiger partial charge on any atom is -0.477 e. The number of amides is 3. The van der Waals surface area contributed by atoms with Gasteiger partial charge in [-0.15, -0.1) is 11.8 Å². The van der Waals surface area contributed by atoms with E-state index < -0.39 is 52.5 Å². The van der Waals surface area contributed by atoms with Gasteiger partial charge in [0, 0.05) is 36.2 Å². The number of carbonyl (C=O) groups is 5. The van der Waals surface area contributed by atoms with Crippen molar-refractivity contribution in [2.45, 2.75) is 31.3 Å². The Bertz CT molecular complexity index is 1400. The molecule has 2 aliphatic rings. The summed E-state index contributed by atoms with van der Waals surface area (Å²) in [7, 11) is 0. The molecule has 38 heavy (non-hydrogen) atoms. The van der Waals surface area contributed by atoms with Crippen LogP contribution in [-0.4, -0.2) is 68.4 Å². The number of aryl methyl sites for hydroxylation is 1. The Kier molecular flexibility index (Phi) is 7.67. The van der Waals surface area contributed by atoms with Crippen LogP contribution in [0.5, 0.6) is 0 Å². The highest BCUT2D eigenvalue weighted by atomic mass is 32.2. The minimum atomic E-state index is -1.35. The maximum atomic E-state index is 13.4. The van der Waals surface area contributed by atoms with E-state index in [4.69, 9.17) is 4.74 Å². The number of carbonyl (C=O) groups excluding carboxylic acids is 4. The summed E-state index contributed by atoms with van der Waals surface area (Å²) in [6, 6.07) is 6.00. The summed E-state index contributed by atoms with van der Waals surface area (Å²) in [6.45, 7) is 2.47. The lowest BCUT2D eigenvalue weighted by atomic mass is 10.0. The van der Waals surface area contributed by atoms with Crippen molar-refractivity contribution in [2.75, 3.05) is 12.4 Å². The van der Waals surface area contributed by atoms with Crippen LogP contribution in [0.4, 0.5) is 0 Å². The third kappa shape index (κ3) is 5.18. The Balaban J connectivity index is 1.55. The van der Waals surface area contributed by atoms with Crippen molar-refractivity contribution in [1.29, 1.82) is 0 Å². The van der Waals surface area contributed by atoms with E-state index in [1.807, 2.05) is 0 Å². The number of carboxylic acid groups (broad SMARTS) is 1. The number of nitrogens with one attached hydrogen (secondary N) is 3. The molecule has 1 unspecified atom stereocenters. The van der Waals surface area contributed by atoms with Crippen LogP contribution in [0.15, 0.2) is 58.8 Å². The number of esters is 1. The first kappa shape index (κ1) is 26.7. The van der Waals surface area contributed by atoms with Gasteiger partial charge in [-0.3, -0.25) is 28.9 Å². The number of ether oxygens (including phenoxy) is 1. The third-order valence-corrected chi connectivity index (χ3v) is 7.38. The predicted molar refractivity (Wildman–Crippen MR) is 135 cm³/mol. The molecule has 3 atom stereocenters. The fourth-order valence-corrected chi connectivity index (χ4v) is 5.46. The first-order valence-corrected chi connectivity index (χ1v) is 12.5. The number of hydrogen-bond acceptors (Lipinski definition) is 8. The molecule has 1 fully saturated rings. The SMILES string of the molecule is CC(=O)OCC1=C(C(=O)O)N2C(=O)[C@@H](NC(=O)C(NC(=O)c3c[nH]cc(C)c3=O)c3ccccc3)[C@H]2SC1. The molecule has 3 heterocycles. The molecule has 4 rings (SSSR count). The van der Waals surface area contributed by atoms with E-state index in [0.717, 1.165) is 4.90 Å². The molecule has 13 heteroatoms. The smallest absolute Gasteiger partial charge is 0.352 e. The van der Waals surface area contributed by atoms with Gasteiger partial charge in [0.05, 0.1) is 0 Å². The molecule has 1 saturated heterocycles. The van der Waals surface area contributed by atoms with Gasteiger partial charge >= 0.3 is 11.9 Å². The van der Waals surface area contributed by atoms with Gasteiger partial charge in [0.15, 0.2) is 5.43 Å². The Morgan fingerprint density at radius 2 is 1.89 bits per heavy atom. The summed E-state index contributed by atoms with van der Waals surface area (Å²) >= 11 is 1.21. The Morgan fingerprint density at radius 1 is 1.18 bits per heavy atom. The van der Waals surface area contributed by atoms with E-state index >= 15 is 0 Å². The zero-order valence-corrected chi connectivity index (χ0v) is 21.2. The number of aromatic nitrogens is 1. The number of H-pyrrole nitrogens is 1. The number of hydrogen-bond donors (Lipinski definition) is 4. The van der Waals surface area contributed by atoms with Crippen LogP contribution in [0.2, 0.25) is 0 Å². The van der Waals surface area contributed by atoms with E-state index in [2.05, 4.69) is 15.6 Å². The van der Waals surface area contributed by atoms with Gasteiger partial charge in [0.1, 0.15) is 35.3 Å². The number of β-lactam (4-membered cyclic amide) rings is 1. The molecule has 0 bridgehead atoms. The second-order valence-corrected chi connectivity index (χ2v) is 9.74. The highest BCUT2D eigenvalue weighted by molar-refractivity contribution is 8.00. The van der Waals surface area contributed by atoms with Crippen LogP contribution < -0.4 is 16.1 Å². The van der Waals surface area contributed by atoms with Crippen LogP contribution in [0.3, 0.4) is 0 Å². The number of carboxylic acids is 1. The van der Waals surface area contributed by atoms with Gasteiger partial charge in [0.2, 0.25) is 5.91 Å². The molecule has 198 valence electrons. The van der Waals surface area contributed by atoms with E-state index in [-0.39, 0.29) is 29.2 Å². The number of rotatable bonds is 8. The van der Waals surface area contributed by atoms with Gasteiger partial charge in [0.25, 0.3) is 11.8 Å². The maximum absolute atomic E-state index is 13.4. The number of nitrogens with zero attached hydrogens (tertiary/aromatic N) is 1. The second kappa shape index (κ2) is 10.9. The van der Waals surface area contributed by atoms with Crippen LogP contribution in [-0.2, 0) is 23.9 Å². The Hall–Kier alpha value is -4.39. The molecule has 4 N–H and O–H groups in total. The van der Waals surface area contributed by atoms with Crippen molar-refractivity contribution in [3.05, 3.63) is 80.9 Å². The lowest BCUT2D eigenvalue weighted by Crippen LogP contribution is -2.71. The predicted octanol–water partition coefficient (Wildman–Crippen LogP) is 0.456. The van der Waals surface area contributed by atoms with Crippen molar-refractivity contribution in [1.82, 2.24) is 20.5 Å². The van der Waals surface area contributed by atoms with Gasteiger partial charge in [-0.25, -0.2) is 4.79 Å². The highest BCUT2D eigenvalue weighted by Crippen LogP contribution is 2.40. The molecule has 12 nitrogen and oxygen atoms in total. The fourth-order valence-electron chi connectivity index (χ4n) is 4.14. The van der Waals surface area contributed by atoms with Crippen LogP contribution in [0.25, 0.3) is 0 Å². The van der Waals surface area contributed by atoms with Gasteiger partial charge in [-0.05, 0) is 12.5 Å². The van der Waals surface area contributed by atoms with Crippen LogP contribution >= 0.6 is 11.8 Å². The van der Waals surface area contributed by atoms with Crippen molar-refractivity contribution in [2.24, 2.45) is 0 Å². The molecular formula is C25H24N4O8S. The number of aliphatic carboxylic acids is 1. The van der Waals surface area contributed by atoms with Crippen molar-refractivity contribution in [3.63, 3.8) is 0 Å². The molecule has 1 aromatic carbocycles. The summed E-state index contributed by atoms with van der Waals surface area (Å²) in [5, 5.41) is 14.2. The largest absolute Gasteiger partial charge is 0.477 e.